The number of benzene rings is 1. The van der Waals surface area contributed by atoms with Crippen LogP contribution in [0.25, 0.3) is 5.57 Å². The van der Waals surface area contributed by atoms with Crippen LogP contribution in [0.15, 0.2) is 23.9 Å². The summed E-state index contributed by atoms with van der Waals surface area (Å²) in [6.45, 7) is 2.90. The second-order valence-electron chi connectivity index (χ2n) is 5.38. The summed E-state index contributed by atoms with van der Waals surface area (Å²) in [7, 11) is 4.15. The zero-order valence-corrected chi connectivity index (χ0v) is 12.2. The van der Waals surface area contributed by atoms with Crippen molar-refractivity contribution >= 4 is 11.8 Å². The van der Waals surface area contributed by atoms with Crippen LogP contribution in [0.4, 0.5) is 0 Å². The van der Waals surface area contributed by atoms with E-state index in [9.17, 15) is 0 Å². The fourth-order valence-electron chi connectivity index (χ4n) is 2.55. The fraction of sp³-hybridized carbons (Fsp3) is 0.375. The molecule has 0 saturated carbocycles. The highest BCUT2D eigenvalue weighted by Crippen LogP contribution is 2.26. The van der Waals surface area contributed by atoms with Gasteiger partial charge in [-0.2, -0.15) is 5.26 Å². The van der Waals surface area contributed by atoms with Gasteiger partial charge in [0.2, 0.25) is 0 Å². The maximum absolute atomic E-state index is 8.93. The lowest BCUT2D eigenvalue weighted by molar-refractivity contribution is 0.315. The van der Waals surface area contributed by atoms with Crippen LogP contribution < -0.4 is 5.32 Å². The first-order valence-electron chi connectivity index (χ1n) is 6.72. The van der Waals surface area contributed by atoms with Crippen LogP contribution in [0.2, 0.25) is 0 Å². The Labute approximate surface area is 120 Å². The molecule has 1 aliphatic heterocycles. The Morgan fingerprint density at radius 2 is 2.25 bits per heavy atom. The maximum atomic E-state index is 8.93. The van der Waals surface area contributed by atoms with Crippen molar-refractivity contribution in [3.05, 3.63) is 40.6 Å². The third-order valence-corrected chi connectivity index (χ3v) is 3.84. The van der Waals surface area contributed by atoms with Crippen LogP contribution in [0.1, 0.15) is 23.1 Å². The Morgan fingerprint density at radius 1 is 1.50 bits per heavy atom. The maximum Gasteiger partial charge on any atom is 0.0991 e. The summed E-state index contributed by atoms with van der Waals surface area (Å²) >= 11 is 0. The Bertz CT molecular complexity index is 593. The lowest BCUT2D eigenvalue weighted by Crippen LogP contribution is -2.29. The molecule has 20 heavy (non-hydrogen) atoms. The van der Waals surface area contributed by atoms with Gasteiger partial charge in [-0.25, -0.2) is 0 Å². The van der Waals surface area contributed by atoms with E-state index in [1.54, 1.807) is 0 Å². The molecule has 1 aromatic carbocycles. The van der Waals surface area contributed by atoms with Crippen molar-refractivity contribution in [1.29, 1.82) is 10.7 Å². The normalized spacial score (nSPS) is 20.4. The third kappa shape index (κ3) is 2.73. The summed E-state index contributed by atoms with van der Waals surface area (Å²) in [5, 5.41) is 20.1. The first kappa shape index (κ1) is 14.3. The summed E-state index contributed by atoms with van der Waals surface area (Å²) in [4.78, 5) is 2.20. The van der Waals surface area contributed by atoms with Gasteiger partial charge in [0.15, 0.2) is 0 Å². The number of likely N-dealkylation sites (N-methyl/N-ethyl adjacent to an activating group) is 1. The number of rotatable bonds is 3. The van der Waals surface area contributed by atoms with Gasteiger partial charge in [0.05, 0.1) is 11.6 Å². The van der Waals surface area contributed by atoms with E-state index in [4.69, 9.17) is 10.7 Å². The highest BCUT2D eigenvalue weighted by molar-refractivity contribution is 6.10. The summed E-state index contributed by atoms with van der Waals surface area (Å²) in [6, 6.07) is 8.24. The lowest BCUT2D eigenvalue weighted by Gasteiger charge is -2.16. The van der Waals surface area contributed by atoms with E-state index in [1.165, 1.54) is 6.21 Å². The molecule has 0 amide bonds. The molecule has 1 aromatic rings. The molecule has 0 radical (unpaired) electrons. The topological polar surface area (TPSA) is 62.9 Å². The van der Waals surface area contributed by atoms with E-state index in [0.29, 0.717) is 11.6 Å². The van der Waals surface area contributed by atoms with Crippen molar-refractivity contribution in [2.75, 3.05) is 20.6 Å². The fourth-order valence-corrected chi connectivity index (χ4v) is 2.55. The molecule has 0 aliphatic carbocycles. The highest BCUT2D eigenvalue weighted by atomic mass is 15.1. The number of nitriles is 1. The molecule has 1 unspecified atom stereocenters. The number of nitrogens with zero attached hydrogens (tertiary/aromatic N) is 2. The molecule has 2 N–H and O–H groups in total. The molecule has 104 valence electrons. The first-order chi connectivity index (χ1) is 9.56. The van der Waals surface area contributed by atoms with Gasteiger partial charge < -0.3 is 15.6 Å². The zero-order valence-electron chi connectivity index (χ0n) is 12.2. The van der Waals surface area contributed by atoms with Crippen LogP contribution in [-0.4, -0.2) is 37.8 Å². The molecule has 0 aromatic heterocycles. The van der Waals surface area contributed by atoms with Crippen molar-refractivity contribution in [1.82, 2.24) is 10.2 Å². The summed E-state index contributed by atoms with van der Waals surface area (Å²) in [6.07, 6.45) is 2.34. The average molecular weight is 268 g/mol. The third-order valence-electron chi connectivity index (χ3n) is 3.84. The minimum Gasteiger partial charge on any atom is -0.386 e. The van der Waals surface area contributed by atoms with Gasteiger partial charge in [0.25, 0.3) is 0 Å². The predicted molar refractivity (Wildman–Crippen MR) is 81.7 cm³/mol. The number of aryl methyl sites for hydroxylation is 1. The second-order valence-corrected chi connectivity index (χ2v) is 5.38. The molecule has 1 aliphatic rings. The van der Waals surface area contributed by atoms with Gasteiger partial charge in [-0.15, -0.1) is 0 Å². The van der Waals surface area contributed by atoms with Crippen molar-refractivity contribution < 1.29 is 0 Å². The highest BCUT2D eigenvalue weighted by Gasteiger charge is 2.23. The number of hydrogen-bond acceptors (Lipinski definition) is 4. The van der Waals surface area contributed by atoms with Gasteiger partial charge in [-0.3, -0.25) is 0 Å². The standard InChI is InChI=1S/C16H20N4/c1-11-6-12(8-17)4-5-14(11)15(9-18)16-7-13(10-19-16)20(2)3/h4-6,9,13,18-19H,7,10H2,1-3H3/b16-15+,18-9?. The summed E-state index contributed by atoms with van der Waals surface area (Å²) in [5.41, 5.74) is 4.76. The minimum absolute atomic E-state index is 0.471. The van der Waals surface area contributed by atoms with Gasteiger partial charge in [-0.1, -0.05) is 6.07 Å². The molecule has 1 heterocycles. The van der Waals surface area contributed by atoms with E-state index in [0.717, 1.165) is 35.4 Å². The van der Waals surface area contributed by atoms with Crippen molar-refractivity contribution in [3.8, 4) is 6.07 Å². The SMILES string of the molecule is Cc1cc(C#N)ccc1/C(C=N)=C1\CC(N(C)C)CN1. The monoisotopic (exact) mass is 268 g/mol. The molecule has 4 heteroatoms. The first-order valence-corrected chi connectivity index (χ1v) is 6.72. The van der Waals surface area contributed by atoms with Crippen LogP contribution in [-0.2, 0) is 0 Å². The quantitative estimate of drug-likeness (QED) is 0.826. The van der Waals surface area contributed by atoms with E-state index >= 15 is 0 Å². The van der Waals surface area contributed by atoms with E-state index in [-0.39, 0.29) is 0 Å². The van der Waals surface area contributed by atoms with E-state index < -0.39 is 0 Å². The smallest absolute Gasteiger partial charge is 0.0991 e. The zero-order chi connectivity index (χ0) is 14.7. The summed E-state index contributed by atoms with van der Waals surface area (Å²) in [5.74, 6) is 0. The predicted octanol–water partition coefficient (Wildman–Crippen LogP) is 2.15. The van der Waals surface area contributed by atoms with Crippen molar-refractivity contribution in [2.24, 2.45) is 0 Å². The number of nitrogens with one attached hydrogen (secondary N) is 2. The van der Waals surface area contributed by atoms with Gasteiger partial charge in [0, 0.05) is 36.5 Å². The Kier molecular flexibility index (Phi) is 4.21. The van der Waals surface area contributed by atoms with Crippen molar-refractivity contribution in [3.63, 3.8) is 0 Å². The van der Waals surface area contributed by atoms with Crippen LogP contribution in [0.3, 0.4) is 0 Å². The number of hydrogen-bond donors (Lipinski definition) is 2. The summed E-state index contributed by atoms with van der Waals surface area (Å²) < 4.78 is 0. The average Bonchev–Trinajstić information content (AvgIpc) is 2.91. The molecule has 4 nitrogen and oxygen atoms in total. The Morgan fingerprint density at radius 3 is 2.75 bits per heavy atom. The molecule has 0 spiro atoms. The van der Waals surface area contributed by atoms with Crippen LogP contribution >= 0.6 is 0 Å². The minimum atomic E-state index is 0.471. The van der Waals surface area contributed by atoms with E-state index in [2.05, 4.69) is 30.4 Å². The van der Waals surface area contributed by atoms with Crippen LogP contribution in [0, 0.1) is 23.7 Å². The molecule has 0 bridgehead atoms. The molecule has 2 rings (SSSR count). The second kappa shape index (κ2) is 5.89. The molecule has 1 atom stereocenters. The Balaban J connectivity index is 2.39. The van der Waals surface area contributed by atoms with Crippen molar-refractivity contribution in [2.45, 2.75) is 19.4 Å². The van der Waals surface area contributed by atoms with E-state index in [1.807, 2.05) is 25.1 Å². The Hall–Kier alpha value is -2.12. The molecule has 1 saturated heterocycles. The number of allylic oxidation sites excluding steroid dienone is 1. The van der Waals surface area contributed by atoms with Crippen LogP contribution in [0.5, 0.6) is 0 Å². The van der Waals surface area contributed by atoms with Gasteiger partial charge in [-0.05, 0) is 44.3 Å². The lowest BCUT2D eigenvalue weighted by atomic mass is 9.97. The van der Waals surface area contributed by atoms with Gasteiger partial charge in [0.1, 0.15) is 0 Å². The van der Waals surface area contributed by atoms with Gasteiger partial charge >= 0.3 is 0 Å². The molecular formula is C16H20N4. The molecular weight excluding hydrogens is 248 g/mol. The molecule has 1 fully saturated rings. The largest absolute Gasteiger partial charge is 0.386 e.